The molecule has 0 aliphatic carbocycles. The predicted molar refractivity (Wildman–Crippen MR) is 101 cm³/mol. The fourth-order valence-corrected chi connectivity index (χ4v) is 3.61. The number of anilines is 1. The van der Waals surface area contributed by atoms with Gasteiger partial charge < -0.3 is 15.1 Å². The molecule has 1 heterocycles. The van der Waals surface area contributed by atoms with Crippen LogP contribution >= 0.6 is 0 Å². The highest BCUT2D eigenvalue weighted by molar-refractivity contribution is 5.74. The Hall–Kier alpha value is -1.78. The van der Waals surface area contributed by atoms with E-state index < -0.39 is 0 Å². The minimum absolute atomic E-state index is 0.0204. The highest BCUT2D eigenvalue weighted by Gasteiger charge is 2.32. The van der Waals surface area contributed by atoms with Gasteiger partial charge in [-0.25, -0.2) is 9.18 Å². The summed E-state index contributed by atoms with van der Waals surface area (Å²) in [7, 11) is 0. The summed E-state index contributed by atoms with van der Waals surface area (Å²) in [5, 5.41) is 2.91. The van der Waals surface area contributed by atoms with Crippen molar-refractivity contribution in [3.63, 3.8) is 0 Å². The summed E-state index contributed by atoms with van der Waals surface area (Å²) >= 11 is 0. The van der Waals surface area contributed by atoms with E-state index in [4.69, 9.17) is 0 Å². The molecule has 0 bridgehead atoms. The molecule has 4 nitrogen and oxygen atoms in total. The molecule has 0 radical (unpaired) electrons. The van der Waals surface area contributed by atoms with E-state index in [9.17, 15) is 9.18 Å². The summed E-state index contributed by atoms with van der Waals surface area (Å²) < 4.78 is 13.3. The van der Waals surface area contributed by atoms with Crippen LogP contribution in [-0.2, 0) is 0 Å². The van der Waals surface area contributed by atoms with Gasteiger partial charge in [-0.15, -0.1) is 0 Å². The lowest BCUT2D eigenvalue weighted by molar-refractivity contribution is 0.174. The van der Waals surface area contributed by atoms with E-state index in [0.717, 1.165) is 25.2 Å². The lowest BCUT2D eigenvalue weighted by atomic mass is 9.91. The third kappa shape index (κ3) is 5.35. The zero-order chi connectivity index (χ0) is 18.2. The van der Waals surface area contributed by atoms with Gasteiger partial charge in [-0.3, -0.25) is 0 Å². The summed E-state index contributed by atoms with van der Waals surface area (Å²) in [4.78, 5) is 16.5. The Bertz CT molecular complexity index is 534. The average molecular weight is 349 g/mol. The van der Waals surface area contributed by atoms with Gasteiger partial charge in [0.15, 0.2) is 0 Å². The van der Waals surface area contributed by atoms with Crippen molar-refractivity contribution in [1.29, 1.82) is 0 Å². The molecule has 5 heteroatoms. The second-order valence-corrected chi connectivity index (χ2v) is 6.99. The van der Waals surface area contributed by atoms with E-state index in [1.54, 1.807) is 0 Å². The molecule has 25 heavy (non-hydrogen) atoms. The zero-order valence-corrected chi connectivity index (χ0v) is 15.8. The molecule has 1 fully saturated rings. The highest BCUT2D eigenvalue weighted by Crippen LogP contribution is 2.27. The Morgan fingerprint density at radius 3 is 2.60 bits per heavy atom. The Morgan fingerprint density at radius 1 is 1.24 bits per heavy atom. The van der Waals surface area contributed by atoms with E-state index in [-0.39, 0.29) is 17.9 Å². The lowest BCUT2D eigenvalue weighted by Crippen LogP contribution is -2.58. The molecule has 1 aliphatic heterocycles. The molecule has 1 aliphatic rings. The molecular formula is C20H32FN3O. The number of hydrogen-bond acceptors (Lipinski definition) is 2. The molecule has 2 atom stereocenters. The fourth-order valence-electron chi connectivity index (χ4n) is 3.61. The lowest BCUT2D eigenvalue weighted by Gasteiger charge is -2.45. The van der Waals surface area contributed by atoms with Crippen molar-refractivity contribution in [3.8, 4) is 0 Å². The molecular weight excluding hydrogens is 317 g/mol. The zero-order valence-electron chi connectivity index (χ0n) is 15.8. The predicted octanol–water partition coefficient (Wildman–Crippen LogP) is 4.26. The number of carbonyl (C=O) groups is 1. The van der Waals surface area contributed by atoms with Crippen LogP contribution in [0.5, 0.6) is 0 Å². The molecule has 0 saturated carbocycles. The van der Waals surface area contributed by atoms with Crippen LogP contribution < -0.4 is 10.2 Å². The van der Waals surface area contributed by atoms with Gasteiger partial charge in [0.25, 0.3) is 0 Å². The van der Waals surface area contributed by atoms with Crippen LogP contribution in [0.2, 0.25) is 0 Å². The third-order valence-corrected chi connectivity index (χ3v) is 5.11. The van der Waals surface area contributed by atoms with Crippen LogP contribution in [0.1, 0.15) is 46.5 Å². The number of piperazine rings is 1. The number of halogens is 1. The number of rotatable bonds is 7. The number of carbonyl (C=O) groups excluding carboxylic acids is 1. The largest absolute Gasteiger partial charge is 0.365 e. The Labute approximate surface area is 151 Å². The first-order valence-corrected chi connectivity index (χ1v) is 9.61. The average Bonchev–Trinajstić information content (AvgIpc) is 2.62. The van der Waals surface area contributed by atoms with Crippen molar-refractivity contribution < 1.29 is 9.18 Å². The van der Waals surface area contributed by atoms with Crippen molar-refractivity contribution in [3.05, 3.63) is 30.1 Å². The van der Waals surface area contributed by atoms with Gasteiger partial charge in [0.2, 0.25) is 0 Å². The van der Waals surface area contributed by atoms with Gasteiger partial charge in [-0.2, -0.15) is 0 Å². The maximum absolute atomic E-state index is 13.3. The number of benzene rings is 1. The Kier molecular flexibility index (Phi) is 7.53. The minimum Gasteiger partial charge on any atom is -0.365 e. The van der Waals surface area contributed by atoms with Crippen molar-refractivity contribution >= 4 is 11.7 Å². The van der Waals surface area contributed by atoms with Gasteiger partial charge in [0.1, 0.15) is 5.82 Å². The van der Waals surface area contributed by atoms with Gasteiger partial charge >= 0.3 is 6.03 Å². The minimum atomic E-state index is -0.211. The number of hydrogen-bond donors (Lipinski definition) is 1. The number of nitrogens with zero attached hydrogens (tertiary/aromatic N) is 2. The number of urea groups is 1. The van der Waals surface area contributed by atoms with Gasteiger partial charge in [-0.05, 0) is 43.5 Å². The number of amides is 2. The molecule has 1 saturated heterocycles. The van der Waals surface area contributed by atoms with E-state index in [2.05, 4.69) is 24.1 Å². The second kappa shape index (κ2) is 9.64. The standard InChI is InChI=1S/C20H32FN3O/c1-4-6-7-8-16(3)19-15-23(20(25)22-5-2)13-14-24(19)18-11-9-17(21)10-12-18/h9-12,16,19H,4-8,13-15H2,1-3H3,(H,22,25). The van der Waals surface area contributed by atoms with Gasteiger partial charge in [0, 0.05) is 37.9 Å². The quantitative estimate of drug-likeness (QED) is 0.747. The Balaban J connectivity index is 2.13. The van der Waals surface area contributed by atoms with Gasteiger partial charge in [0.05, 0.1) is 0 Å². The SMILES string of the molecule is CCCCCC(C)C1CN(C(=O)NCC)CCN1c1ccc(F)cc1. The molecule has 1 aromatic carbocycles. The van der Waals surface area contributed by atoms with Crippen LogP contribution in [0.25, 0.3) is 0 Å². The normalized spacial score (nSPS) is 19.0. The Morgan fingerprint density at radius 2 is 1.96 bits per heavy atom. The smallest absolute Gasteiger partial charge is 0.317 e. The van der Waals surface area contributed by atoms with E-state index in [0.29, 0.717) is 19.0 Å². The molecule has 1 N–H and O–H groups in total. The molecule has 0 spiro atoms. The molecule has 2 rings (SSSR count). The molecule has 0 aromatic heterocycles. The first-order valence-electron chi connectivity index (χ1n) is 9.61. The maximum Gasteiger partial charge on any atom is 0.317 e. The highest BCUT2D eigenvalue weighted by atomic mass is 19.1. The molecule has 2 amide bonds. The molecule has 2 unspecified atom stereocenters. The number of nitrogens with one attached hydrogen (secondary N) is 1. The topological polar surface area (TPSA) is 35.6 Å². The van der Waals surface area contributed by atoms with Crippen molar-refractivity contribution in [2.45, 2.75) is 52.5 Å². The fraction of sp³-hybridized carbons (Fsp3) is 0.650. The monoisotopic (exact) mass is 349 g/mol. The van der Waals surface area contributed by atoms with Gasteiger partial charge in [-0.1, -0.05) is 33.1 Å². The molecule has 140 valence electrons. The summed E-state index contributed by atoms with van der Waals surface area (Å²) in [6.45, 7) is 9.28. The summed E-state index contributed by atoms with van der Waals surface area (Å²) in [6.07, 6.45) is 4.82. The van der Waals surface area contributed by atoms with Crippen LogP contribution in [-0.4, -0.2) is 43.2 Å². The summed E-state index contributed by atoms with van der Waals surface area (Å²) in [6, 6.07) is 7.02. The van der Waals surface area contributed by atoms with Crippen molar-refractivity contribution in [2.24, 2.45) is 5.92 Å². The first-order chi connectivity index (χ1) is 12.1. The summed E-state index contributed by atoms with van der Waals surface area (Å²) in [5.74, 6) is 0.270. The van der Waals surface area contributed by atoms with E-state index in [1.807, 2.05) is 24.0 Å². The third-order valence-electron chi connectivity index (χ3n) is 5.11. The van der Waals surface area contributed by atoms with Crippen LogP contribution in [0, 0.1) is 11.7 Å². The summed E-state index contributed by atoms with van der Waals surface area (Å²) in [5.41, 5.74) is 1.05. The second-order valence-electron chi connectivity index (χ2n) is 6.99. The maximum atomic E-state index is 13.3. The number of unbranched alkanes of at least 4 members (excludes halogenated alkanes) is 2. The van der Waals surface area contributed by atoms with Crippen LogP contribution in [0.3, 0.4) is 0 Å². The molecule has 1 aromatic rings. The van der Waals surface area contributed by atoms with Crippen LogP contribution in [0.15, 0.2) is 24.3 Å². The van der Waals surface area contributed by atoms with E-state index >= 15 is 0 Å². The first kappa shape index (κ1) is 19.5. The van der Waals surface area contributed by atoms with Crippen LogP contribution in [0.4, 0.5) is 14.9 Å². The van der Waals surface area contributed by atoms with E-state index in [1.165, 1.54) is 31.4 Å². The van der Waals surface area contributed by atoms with Crippen molar-refractivity contribution in [2.75, 3.05) is 31.1 Å². The van der Waals surface area contributed by atoms with Crippen molar-refractivity contribution in [1.82, 2.24) is 10.2 Å².